The van der Waals surface area contributed by atoms with Gasteiger partial charge in [0.15, 0.2) is 6.04 Å². The second-order valence-corrected chi connectivity index (χ2v) is 3.76. The molecule has 0 spiro atoms. The molecule has 2 aromatic rings. The van der Waals surface area contributed by atoms with Crippen LogP contribution in [0.3, 0.4) is 0 Å². The van der Waals surface area contributed by atoms with Crippen LogP contribution in [0.15, 0.2) is 35.3 Å². The minimum Gasteiger partial charge on any atom is -0.328 e. The molecule has 0 bridgehead atoms. The Balaban J connectivity index is 2.72. The highest BCUT2D eigenvalue weighted by atomic mass is 19.4. The summed E-state index contributed by atoms with van der Waals surface area (Å²) in [6, 6.07) is 4.06. The van der Waals surface area contributed by atoms with Gasteiger partial charge in [-0.3, -0.25) is 9.48 Å². The Kier molecular flexibility index (Phi) is 3.08. The highest BCUT2D eigenvalue weighted by Crippen LogP contribution is 2.30. The van der Waals surface area contributed by atoms with Gasteiger partial charge in [-0.25, -0.2) is 0 Å². The Morgan fingerprint density at radius 1 is 1.33 bits per heavy atom. The van der Waals surface area contributed by atoms with E-state index in [0.29, 0.717) is 0 Å². The lowest BCUT2D eigenvalue weighted by Gasteiger charge is -2.21. The summed E-state index contributed by atoms with van der Waals surface area (Å²) in [6.07, 6.45) is -3.64. The largest absolute Gasteiger partial charge is 0.412 e. The summed E-state index contributed by atoms with van der Waals surface area (Å²) >= 11 is 0. The average Bonchev–Trinajstić information content (AvgIpc) is 2.32. The minimum atomic E-state index is -4.51. The molecule has 96 valence electrons. The summed E-state index contributed by atoms with van der Waals surface area (Å²) in [6.45, 7) is -0.636. The first kappa shape index (κ1) is 12.6. The monoisotopic (exact) mass is 257 g/mol. The fourth-order valence-electron chi connectivity index (χ4n) is 1.75. The maximum absolute atomic E-state index is 12.8. The number of rotatable bonds is 2. The number of alkyl halides is 3. The quantitative estimate of drug-likeness (QED) is 0.886. The van der Waals surface area contributed by atoms with E-state index in [1.807, 2.05) is 0 Å². The normalized spacial score (nSPS) is 13.8. The van der Waals surface area contributed by atoms with Gasteiger partial charge in [-0.2, -0.15) is 18.3 Å². The van der Waals surface area contributed by atoms with Crippen LogP contribution >= 0.6 is 0 Å². The molecule has 1 aromatic carbocycles. The molecule has 0 fully saturated rings. The number of para-hydroxylation sites is 1. The molecule has 0 aliphatic carbocycles. The van der Waals surface area contributed by atoms with E-state index in [1.54, 1.807) is 12.1 Å². The molecular weight excluding hydrogens is 247 g/mol. The van der Waals surface area contributed by atoms with Gasteiger partial charge in [-0.1, -0.05) is 12.1 Å². The van der Waals surface area contributed by atoms with Gasteiger partial charge in [0.2, 0.25) is 5.43 Å². The Hall–Kier alpha value is -1.89. The van der Waals surface area contributed by atoms with Crippen molar-refractivity contribution >= 4 is 10.9 Å². The Labute approximate surface area is 99.8 Å². The zero-order chi connectivity index (χ0) is 13.3. The van der Waals surface area contributed by atoms with Crippen LogP contribution in [-0.4, -0.2) is 22.5 Å². The predicted molar refractivity (Wildman–Crippen MR) is 60.1 cm³/mol. The van der Waals surface area contributed by atoms with E-state index in [0.717, 1.165) is 10.9 Å². The molecule has 1 unspecified atom stereocenters. The van der Waals surface area contributed by atoms with Crippen LogP contribution in [0.4, 0.5) is 13.2 Å². The second-order valence-electron chi connectivity index (χ2n) is 3.76. The third-order valence-electron chi connectivity index (χ3n) is 2.61. The molecular formula is C11H10F3N3O. The van der Waals surface area contributed by atoms with E-state index in [4.69, 9.17) is 5.73 Å². The summed E-state index contributed by atoms with van der Waals surface area (Å²) in [5, 5.41) is 3.74. The Morgan fingerprint density at radius 3 is 2.61 bits per heavy atom. The maximum Gasteiger partial charge on any atom is 0.412 e. The van der Waals surface area contributed by atoms with Gasteiger partial charge in [-0.05, 0) is 12.1 Å². The molecule has 0 aliphatic rings. The van der Waals surface area contributed by atoms with E-state index < -0.39 is 24.2 Å². The SMILES string of the molecule is NCC(n1ncc(=O)c2ccccc21)C(F)(F)F. The lowest BCUT2D eigenvalue weighted by atomic mass is 10.2. The van der Waals surface area contributed by atoms with Crippen LogP contribution in [0.1, 0.15) is 6.04 Å². The van der Waals surface area contributed by atoms with Gasteiger partial charge < -0.3 is 5.73 Å². The first-order chi connectivity index (χ1) is 8.45. The van der Waals surface area contributed by atoms with Crippen molar-refractivity contribution in [3.05, 3.63) is 40.7 Å². The first-order valence-corrected chi connectivity index (χ1v) is 5.18. The van der Waals surface area contributed by atoms with Crippen molar-refractivity contribution in [3.63, 3.8) is 0 Å². The standard InChI is InChI=1S/C11H10F3N3O/c12-11(13,14)10(5-15)17-8-4-2-1-3-7(8)9(18)6-16-17/h1-4,6,10H,5,15H2. The summed E-state index contributed by atoms with van der Waals surface area (Å²) < 4.78 is 39.2. The lowest BCUT2D eigenvalue weighted by Crippen LogP contribution is -2.35. The third kappa shape index (κ3) is 2.08. The van der Waals surface area contributed by atoms with Crippen molar-refractivity contribution in [2.75, 3.05) is 6.54 Å². The maximum atomic E-state index is 12.8. The van der Waals surface area contributed by atoms with Gasteiger partial charge >= 0.3 is 6.18 Å². The zero-order valence-corrected chi connectivity index (χ0v) is 9.19. The molecule has 1 aromatic heterocycles. The van der Waals surface area contributed by atoms with Crippen molar-refractivity contribution in [2.24, 2.45) is 5.73 Å². The third-order valence-corrected chi connectivity index (χ3v) is 2.61. The number of aromatic nitrogens is 2. The molecule has 0 radical (unpaired) electrons. The number of fused-ring (bicyclic) bond motifs is 1. The van der Waals surface area contributed by atoms with Crippen molar-refractivity contribution in [2.45, 2.75) is 12.2 Å². The van der Waals surface area contributed by atoms with Crippen molar-refractivity contribution < 1.29 is 13.2 Å². The van der Waals surface area contributed by atoms with E-state index in [-0.39, 0.29) is 10.9 Å². The molecule has 1 heterocycles. The van der Waals surface area contributed by atoms with E-state index >= 15 is 0 Å². The van der Waals surface area contributed by atoms with E-state index in [9.17, 15) is 18.0 Å². The van der Waals surface area contributed by atoms with Crippen molar-refractivity contribution in [1.82, 2.24) is 9.78 Å². The van der Waals surface area contributed by atoms with Crippen LogP contribution in [0.2, 0.25) is 0 Å². The number of benzene rings is 1. The molecule has 0 saturated carbocycles. The van der Waals surface area contributed by atoms with Crippen molar-refractivity contribution in [3.8, 4) is 0 Å². The van der Waals surface area contributed by atoms with Gasteiger partial charge in [0.05, 0.1) is 11.7 Å². The van der Waals surface area contributed by atoms with Crippen LogP contribution in [0.25, 0.3) is 10.9 Å². The highest BCUT2D eigenvalue weighted by molar-refractivity contribution is 5.78. The lowest BCUT2D eigenvalue weighted by molar-refractivity contribution is -0.166. The van der Waals surface area contributed by atoms with Crippen LogP contribution in [0.5, 0.6) is 0 Å². The fourth-order valence-corrected chi connectivity index (χ4v) is 1.75. The van der Waals surface area contributed by atoms with E-state index in [2.05, 4.69) is 5.10 Å². The van der Waals surface area contributed by atoms with Gasteiger partial charge in [0.1, 0.15) is 0 Å². The zero-order valence-electron chi connectivity index (χ0n) is 9.19. The van der Waals surface area contributed by atoms with E-state index in [1.165, 1.54) is 12.1 Å². The topological polar surface area (TPSA) is 60.9 Å². The van der Waals surface area contributed by atoms with Gasteiger partial charge in [0, 0.05) is 11.9 Å². The van der Waals surface area contributed by atoms with Crippen LogP contribution < -0.4 is 11.2 Å². The van der Waals surface area contributed by atoms with Crippen LogP contribution in [0, 0.1) is 0 Å². The van der Waals surface area contributed by atoms with Gasteiger partial charge in [-0.15, -0.1) is 0 Å². The molecule has 1 atom stereocenters. The smallest absolute Gasteiger partial charge is 0.328 e. The number of halogens is 3. The molecule has 0 saturated heterocycles. The minimum absolute atomic E-state index is 0.123. The van der Waals surface area contributed by atoms with Crippen LogP contribution in [-0.2, 0) is 0 Å². The predicted octanol–water partition coefficient (Wildman–Crippen LogP) is 1.46. The summed E-state index contributed by atoms with van der Waals surface area (Å²) in [7, 11) is 0. The molecule has 0 aliphatic heterocycles. The number of hydrogen-bond acceptors (Lipinski definition) is 3. The average molecular weight is 257 g/mol. The summed E-state index contributed by atoms with van der Waals surface area (Å²) in [5.74, 6) is 0. The molecule has 4 nitrogen and oxygen atoms in total. The molecule has 0 amide bonds. The number of hydrogen-bond donors (Lipinski definition) is 1. The Bertz CT molecular complexity index is 621. The molecule has 18 heavy (non-hydrogen) atoms. The summed E-state index contributed by atoms with van der Waals surface area (Å²) in [5.41, 5.74) is 4.87. The molecule has 2 rings (SSSR count). The fraction of sp³-hybridized carbons (Fsp3) is 0.273. The Morgan fingerprint density at radius 2 is 2.00 bits per heavy atom. The summed E-state index contributed by atoms with van der Waals surface area (Å²) in [4.78, 5) is 11.5. The number of nitrogens with zero attached hydrogens (tertiary/aromatic N) is 2. The first-order valence-electron chi connectivity index (χ1n) is 5.18. The molecule has 2 N–H and O–H groups in total. The van der Waals surface area contributed by atoms with Gasteiger partial charge in [0.25, 0.3) is 0 Å². The molecule has 7 heteroatoms. The second kappa shape index (κ2) is 4.41. The number of nitrogens with two attached hydrogens (primary N) is 1. The van der Waals surface area contributed by atoms with Crippen molar-refractivity contribution in [1.29, 1.82) is 0 Å². The highest BCUT2D eigenvalue weighted by Gasteiger charge is 2.41.